The molecule has 3 heterocycles. The van der Waals surface area contributed by atoms with Crippen molar-refractivity contribution in [1.29, 1.82) is 5.41 Å². The van der Waals surface area contributed by atoms with E-state index in [1.54, 1.807) is 6.07 Å². The number of pyridine rings is 1. The molecule has 1 unspecified atom stereocenters. The molecule has 3 atom stereocenters. The summed E-state index contributed by atoms with van der Waals surface area (Å²) in [4.78, 5) is 37.5. The van der Waals surface area contributed by atoms with Crippen LogP contribution in [-0.4, -0.2) is 66.5 Å². The minimum atomic E-state index is -4.72. The molecule has 2 aliphatic carbocycles. The first-order chi connectivity index (χ1) is 27.4. The van der Waals surface area contributed by atoms with Crippen LogP contribution in [0.15, 0.2) is 73.1 Å². The molecule has 0 radical (unpaired) electrons. The molecule has 2 aromatic carbocycles. The van der Waals surface area contributed by atoms with E-state index in [2.05, 4.69) is 27.2 Å². The Kier molecular flexibility index (Phi) is 10.6. The minimum absolute atomic E-state index is 0.0220. The summed E-state index contributed by atoms with van der Waals surface area (Å²) in [6.07, 6.45) is -4.65. The largest absolute Gasteiger partial charge is 0.447 e. The van der Waals surface area contributed by atoms with Crippen LogP contribution >= 0.6 is 11.6 Å². The van der Waals surface area contributed by atoms with Gasteiger partial charge in [-0.05, 0) is 84.6 Å². The number of alkyl halides is 5. The molecule has 3 N–H and O–H groups in total. The Morgan fingerprint density at radius 2 is 1.84 bits per heavy atom. The summed E-state index contributed by atoms with van der Waals surface area (Å²) < 4.78 is 75.2. The Morgan fingerprint density at radius 1 is 1.10 bits per heavy atom. The predicted molar refractivity (Wildman–Crippen MR) is 204 cm³/mol. The average molecular weight is 821 g/mol. The maximum Gasteiger partial charge on any atom is 0.411 e. The number of benzene rings is 2. The highest BCUT2D eigenvalue weighted by Gasteiger charge is 2.65. The third-order valence-corrected chi connectivity index (χ3v) is 10.7. The molecule has 0 spiro atoms. The van der Waals surface area contributed by atoms with E-state index in [0.29, 0.717) is 17.8 Å². The van der Waals surface area contributed by atoms with E-state index in [9.17, 15) is 32.2 Å². The first-order valence-corrected chi connectivity index (χ1v) is 18.7. The van der Waals surface area contributed by atoms with Crippen LogP contribution < -0.4 is 10.6 Å². The number of rotatable bonds is 9. The van der Waals surface area contributed by atoms with Crippen molar-refractivity contribution in [3.63, 3.8) is 0 Å². The molecule has 4 aromatic rings. The van der Waals surface area contributed by atoms with Gasteiger partial charge in [0.1, 0.15) is 29.7 Å². The molecule has 58 heavy (non-hydrogen) atoms. The number of hydrogen-bond acceptors (Lipinski definition) is 7. The number of nitrogens with one attached hydrogen (secondary N) is 3. The van der Waals surface area contributed by atoms with Gasteiger partial charge in [-0.1, -0.05) is 74.7 Å². The minimum Gasteiger partial charge on any atom is -0.447 e. The SMILES string of the molecule is CC(C)(C)C[C@]1(C2C=Cc3nc(C#Cc4ccccc4)ccc3C2)NC(=N)N([C@H](COC(=O)NC2(C(F)(F)F)CC2)c2ccc(Cl)c(-n3ncnc3C(F)F)c2)C1=O. The first-order valence-electron chi connectivity index (χ1n) is 18.3. The van der Waals surface area contributed by atoms with Crippen molar-refractivity contribution in [3.05, 3.63) is 112 Å². The molecule has 7 rings (SSSR count). The molecule has 3 aliphatic rings. The van der Waals surface area contributed by atoms with Crippen molar-refractivity contribution in [2.24, 2.45) is 11.3 Å². The van der Waals surface area contributed by atoms with E-state index in [0.717, 1.165) is 27.0 Å². The van der Waals surface area contributed by atoms with Crippen LogP contribution in [-0.2, 0) is 16.0 Å². The molecule has 1 aliphatic heterocycles. The number of alkyl carbamates (subject to hydrolysis) is 1. The van der Waals surface area contributed by atoms with Crippen LogP contribution in [0.4, 0.5) is 26.7 Å². The van der Waals surface area contributed by atoms with Gasteiger partial charge in [-0.15, -0.1) is 0 Å². The summed E-state index contributed by atoms with van der Waals surface area (Å²) >= 11 is 6.46. The summed E-state index contributed by atoms with van der Waals surface area (Å²) in [5.74, 6) is 3.99. The summed E-state index contributed by atoms with van der Waals surface area (Å²) in [7, 11) is 0. The zero-order valence-electron chi connectivity index (χ0n) is 31.5. The summed E-state index contributed by atoms with van der Waals surface area (Å²) in [5, 5.41) is 18.2. The fraction of sp³-hybridized carbons (Fsp3) is 0.366. The van der Waals surface area contributed by atoms with Gasteiger partial charge in [0.25, 0.3) is 12.3 Å². The van der Waals surface area contributed by atoms with Gasteiger partial charge >= 0.3 is 12.3 Å². The lowest BCUT2D eigenvalue weighted by atomic mass is 9.69. The van der Waals surface area contributed by atoms with E-state index in [4.69, 9.17) is 21.3 Å². The molecule has 2 amide bonds. The molecule has 0 bridgehead atoms. The molecule has 11 nitrogen and oxygen atoms in total. The van der Waals surface area contributed by atoms with Gasteiger partial charge in [0.05, 0.1) is 22.4 Å². The number of carbonyl (C=O) groups excluding carboxylic acids is 2. The van der Waals surface area contributed by atoms with Crippen molar-refractivity contribution in [3.8, 4) is 17.5 Å². The van der Waals surface area contributed by atoms with Crippen LogP contribution in [0.5, 0.6) is 0 Å². The number of guanidine groups is 1. The zero-order valence-corrected chi connectivity index (χ0v) is 32.3. The Morgan fingerprint density at radius 3 is 2.52 bits per heavy atom. The van der Waals surface area contributed by atoms with Crippen LogP contribution in [0.1, 0.15) is 86.4 Å². The smallest absolute Gasteiger partial charge is 0.411 e. The highest BCUT2D eigenvalue weighted by atomic mass is 35.5. The van der Waals surface area contributed by atoms with Gasteiger partial charge in [-0.3, -0.25) is 15.1 Å². The van der Waals surface area contributed by atoms with E-state index in [1.807, 2.05) is 74.6 Å². The maximum atomic E-state index is 15.2. The molecular weight excluding hydrogens is 783 g/mol. The monoisotopic (exact) mass is 820 g/mol. The number of nitrogens with zero attached hydrogens (tertiary/aromatic N) is 5. The van der Waals surface area contributed by atoms with Crippen molar-refractivity contribution in [2.75, 3.05) is 6.61 Å². The normalized spacial score (nSPS) is 20.2. The Hall–Kier alpha value is -5.82. The molecular formula is C41H38ClF5N8O3. The summed E-state index contributed by atoms with van der Waals surface area (Å²) in [5.41, 5.74) is -1.35. The second-order valence-electron chi connectivity index (χ2n) is 15.7. The number of amides is 2. The van der Waals surface area contributed by atoms with Crippen molar-refractivity contribution in [2.45, 2.75) is 76.2 Å². The Labute approximate surface area is 335 Å². The van der Waals surface area contributed by atoms with Gasteiger partial charge in [0.2, 0.25) is 0 Å². The summed E-state index contributed by atoms with van der Waals surface area (Å²) in [6.45, 7) is 5.11. The highest BCUT2D eigenvalue weighted by molar-refractivity contribution is 6.32. The molecule has 2 aromatic heterocycles. The number of ether oxygens (including phenoxy) is 1. The van der Waals surface area contributed by atoms with E-state index < -0.39 is 65.5 Å². The molecule has 1 saturated carbocycles. The lowest BCUT2D eigenvalue weighted by molar-refractivity contribution is -0.164. The number of halogens is 6. The molecule has 17 heteroatoms. The number of carbonyl (C=O) groups is 2. The average Bonchev–Trinajstić information content (AvgIpc) is 3.72. The fourth-order valence-electron chi connectivity index (χ4n) is 7.47. The van der Waals surface area contributed by atoms with Gasteiger partial charge in [0.15, 0.2) is 11.8 Å². The van der Waals surface area contributed by atoms with Gasteiger partial charge in [0, 0.05) is 11.5 Å². The maximum absolute atomic E-state index is 15.2. The van der Waals surface area contributed by atoms with E-state index in [-0.39, 0.29) is 41.5 Å². The quantitative estimate of drug-likeness (QED) is 0.115. The third kappa shape index (κ3) is 8.00. The van der Waals surface area contributed by atoms with E-state index >= 15 is 4.79 Å². The first kappa shape index (κ1) is 40.4. The molecule has 1 saturated heterocycles. The number of fused-ring (bicyclic) bond motifs is 1. The van der Waals surface area contributed by atoms with Gasteiger partial charge in [-0.25, -0.2) is 28.2 Å². The highest BCUT2D eigenvalue weighted by Crippen LogP contribution is 2.49. The van der Waals surface area contributed by atoms with E-state index in [1.165, 1.54) is 18.2 Å². The lowest BCUT2D eigenvalue weighted by Crippen LogP contribution is -2.56. The molecule has 2 fully saturated rings. The number of hydrogen-bond donors (Lipinski definition) is 3. The second-order valence-corrected chi connectivity index (χ2v) is 16.2. The third-order valence-electron chi connectivity index (χ3n) is 10.3. The van der Waals surface area contributed by atoms with Crippen molar-refractivity contribution >= 4 is 35.6 Å². The summed E-state index contributed by atoms with van der Waals surface area (Å²) in [6, 6.07) is 16.0. The fourth-order valence-corrected chi connectivity index (χ4v) is 7.67. The van der Waals surface area contributed by atoms with Gasteiger partial charge < -0.3 is 15.4 Å². The predicted octanol–water partition coefficient (Wildman–Crippen LogP) is 7.94. The van der Waals surface area contributed by atoms with Crippen LogP contribution in [0.3, 0.4) is 0 Å². The number of aromatic nitrogens is 4. The van der Waals surface area contributed by atoms with Crippen LogP contribution in [0, 0.1) is 28.6 Å². The Bertz CT molecular complexity index is 2350. The second kappa shape index (κ2) is 15.2. The Balaban J connectivity index is 1.24. The van der Waals surface area contributed by atoms with Crippen LogP contribution in [0.2, 0.25) is 5.02 Å². The standard InChI is InChI=1S/C41H38ClF5N8O3/c1-38(2,3)22-40(27-12-16-30-25(19-27)10-14-28(51-30)13-9-24-7-5-4-6-8-24)35(56)54(36(48)52-40)32(21-58-37(57)53-39(17-18-39)41(45,46)47)26-11-15-29(42)31(20-26)55-34(33(43)44)49-23-50-55/h4-8,10-12,14-16,20,23,27,32-33H,17-19,21-22H2,1-3H3,(H2,48,52)(H,53,57)/t27?,32-,40-/m1/s1. The van der Waals surface area contributed by atoms with Gasteiger partial charge in [-0.2, -0.15) is 18.3 Å². The topological polar surface area (TPSA) is 138 Å². The van der Waals surface area contributed by atoms with Crippen molar-refractivity contribution in [1.82, 2.24) is 35.3 Å². The zero-order chi connectivity index (χ0) is 41.6. The van der Waals surface area contributed by atoms with Crippen molar-refractivity contribution < 1.29 is 36.3 Å². The van der Waals surface area contributed by atoms with Crippen LogP contribution in [0.25, 0.3) is 11.8 Å². The molecule has 302 valence electrons. The lowest BCUT2D eigenvalue weighted by Gasteiger charge is -2.40.